The van der Waals surface area contributed by atoms with Gasteiger partial charge in [-0.05, 0) is 69.6 Å². The molecule has 10 nitrogen and oxygen atoms in total. The molecule has 2 N–H and O–H groups in total. The van der Waals surface area contributed by atoms with Crippen LogP contribution < -0.4 is 21.4 Å². The Labute approximate surface area is 248 Å². The molecule has 2 aromatic rings. The van der Waals surface area contributed by atoms with Gasteiger partial charge in [-0.1, -0.05) is 38.5 Å². The van der Waals surface area contributed by atoms with Crippen molar-refractivity contribution >= 4 is 20.9 Å². The molecule has 0 bridgehead atoms. The quantitative estimate of drug-likeness (QED) is 0.500. The molecule has 4 aliphatic rings. The van der Waals surface area contributed by atoms with E-state index in [1.54, 1.807) is 10.6 Å². The van der Waals surface area contributed by atoms with E-state index in [0.29, 0.717) is 31.8 Å². The lowest BCUT2D eigenvalue weighted by Crippen LogP contribution is -2.51. The van der Waals surface area contributed by atoms with E-state index in [9.17, 15) is 18.0 Å². The first kappa shape index (κ1) is 30.0. The first-order valence-corrected chi connectivity index (χ1v) is 17.5. The molecule has 1 aromatic carbocycles. The van der Waals surface area contributed by atoms with Crippen LogP contribution in [0.4, 0.5) is 0 Å². The maximum absolute atomic E-state index is 14.2. The van der Waals surface area contributed by atoms with Gasteiger partial charge in [-0.2, -0.15) is 0 Å². The van der Waals surface area contributed by atoms with Crippen molar-refractivity contribution in [1.82, 2.24) is 24.3 Å². The Kier molecular flexibility index (Phi) is 8.43. The number of fused-ring (bicyclic) bond motifs is 1. The fourth-order valence-corrected chi connectivity index (χ4v) is 8.97. The molecular formula is C31H47N5O5S. The van der Waals surface area contributed by atoms with Gasteiger partial charge >= 0.3 is 5.69 Å². The molecule has 42 heavy (non-hydrogen) atoms. The lowest BCUT2D eigenvalue weighted by atomic mass is 9.78. The number of aromatic nitrogens is 2. The van der Waals surface area contributed by atoms with E-state index >= 15 is 0 Å². The zero-order chi connectivity index (χ0) is 29.5. The number of hydrogen-bond acceptors (Lipinski definition) is 7. The standard InChI is InChI=1S/C31H47N5O5S/c1-30(15-16-30)33-42(39,40)25-9-10-27-26(19-25)28(37)36(29(38)35(27)20-23-11-17-41-18-12-23)22-24-21-34(2)32-31(24)13-7-5-3-4-6-8-14-31/h9-10,19,23-24,32-33H,3-8,11-18,20-22H2,1-2H3. The number of hydrogen-bond donors (Lipinski definition) is 2. The van der Waals surface area contributed by atoms with E-state index in [1.807, 2.05) is 14.0 Å². The highest BCUT2D eigenvalue weighted by molar-refractivity contribution is 7.89. The first-order valence-electron chi connectivity index (χ1n) is 16.0. The first-order chi connectivity index (χ1) is 20.1. The summed E-state index contributed by atoms with van der Waals surface area (Å²) in [5, 5.41) is 2.41. The lowest BCUT2D eigenvalue weighted by Gasteiger charge is -2.35. The second-order valence-corrected chi connectivity index (χ2v) is 15.4. The van der Waals surface area contributed by atoms with E-state index in [0.717, 1.165) is 57.9 Å². The van der Waals surface area contributed by atoms with Crippen molar-refractivity contribution in [3.05, 3.63) is 39.0 Å². The summed E-state index contributed by atoms with van der Waals surface area (Å²) in [6.45, 7) is 4.76. The summed E-state index contributed by atoms with van der Waals surface area (Å²) in [6, 6.07) is 4.66. The van der Waals surface area contributed by atoms with Gasteiger partial charge in [0, 0.05) is 56.9 Å². The monoisotopic (exact) mass is 601 g/mol. The van der Waals surface area contributed by atoms with Crippen LogP contribution >= 0.6 is 0 Å². The minimum absolute atomic E-state index is 0.0676. The van der Waals surface area contributed by atoms with Gasteiger partial charge in [0.05, 0.1) is 15.8 Å². The summed E-state index contributed by atoms with van der Waals surface area (Å²) in [6.07, 6.45) is 12.5. The highest BCUT2D eigenvalue weighted by Crippen LogP contribution is 2.38. The minimum Gasteiger partial charge on any atom is -0.381 e. The Morgan fingerprint density at radius 3 is 2.29 bits per heavy atom. The SMILES string of the molecule is CN1CC(Cn2c(=O)c3cc(S(=O)(=O)NC4(C)CC4)ccc3n(CC3CCOCC3)c2=O)C2(CCCCCCCC2)N1. The molecule has 232 valence electrons. The molecule has 11 heteroatoms. The summed E-state index contributed by atoms with van der Waals surface area (Å²) in [5.41, 5.74) is 2.98. The molecule has 4 fully saturated rings. The van der Waals surface area contributed by atoms with Crippen molar-refractivity contribution in [3.63, 3.8) is 0 Å². The Hall–Kier alpha value is -2.05. The highest BCUT2D eigenvalue weighted by atomic mass is 32.2. The number of nitrogens with one attached hydrogen (secondary N) is 2. The Balaban J connectivity index is 1.43. The van der Waals surface area contributed by atoms with E-state index in [1.165, 1.54) is 42.4 Å². The number of benzene rings is 1. The van der Waals surface area contributed by atoms with Crippen LogP contribution in [0.2, 0.25) is 0 Å². The summed E-state index contributed by atoms with van der Waals surface area (Å²) in [4.78, 5) is 28.4. The van der Waals surface area contributed by atoms with Crippen LogP contribution in [-0.2, 0) is 27.8 Å². The summed E-state index contributed by atoms with van der Waals surface area (Å²) in [5.74, 6) is 0.342. The molecule has 2 aliphatic carbocycles. The largest absolute Gasteiger partial charge is 0.381 e. The van der Waals surface area contributed by atoms with Crippen LogP contribution in [0.5, 0.6) is 0 Å². The van der Waals surface area contributed by atoms with Crippen molar-refractivity contribution in [2.24, 2.45) is 11.8 Å². The normalized spacial score (nSPS) is 25.3. The average molecular weight is 602 g/mol. The van der Waals surface area contributed by atoms with Gasteiger partial charge < -0.3 is 4.74 Å². The predicted octanol–water partition coefficient (Wildman–Crippen LogP) is 3.36. The average Bonchev–Trinajstić information content (AvgIpc) is 3.56. The highest BCUT2D eigenvalue weighted by Gasteiger charge is 2.45. The van der Waals surface area contributed by atoms with Gasteiger partial charge in [0.2, 0.25) is 10.0 Å². The number of sulfonamides is 1. The Bertz CT molecular complexity index is 1510. The van der Waals surface area contributed by atoms with Crippen molar-refractivity contribution in [2.75, 3.05) is 26.8 Å². The molecule has 3 heterocycles. The fraction of sp³-hybridized carbons (Fsp3) is 0.742. The number of hydrazine groups is 1. The summed E-state index contributed by atoms with van der Waals surface area (Å²) in [7, 11) is -1.76. The third kappa shape index (κ3) is 6.13. The minimum atomic E-state index is -3.81. The zero-order valence-electron chi connectivity index (χ0n) is 25.2. The van der Waals surface area contributed by atoms with Gasteiger partial charge in [-0.25, -0.2) is 28.4 Å². The molecule has 2 saturated carbocycles. The maximum atomic E-state index is 14.2. The van der Waals surface area contributed by atoms with Crippen LogP contribution in [0, 0.1) is 11.8 Å². The second kappa shape index (κ2) is 11.8. The Morgan fingerprint density at radius 2 is 1.62 bits per heavy atom. The van der Waals surface area contributed by atoms with E-state index < -0.39 is 21.1 Å². The third-order valence-corrected chi connectivity index (χ3v) is 11.9. The molecule has 2 saturated heterocycles. The van der Waals surface area contributed by atoms with Gasteiger partial charge in [-0.3, -0.25) is 13.9 Å². The second-order valence-electron chi connectivity index (χ2n) is 13.7. The molecule has 1 atom stereocenters. The van der Waals surface area contributed by atoms with Crippen molar-refractivity contribution in [3.8, 4) is 0 Å². The number of ether oxygens (including phenoxy) is 1. The number of nitrogens with zero attached hydrogens (tertiary/aromatic N) is 3. The molecule has 0 radical (unpaired) electrons. The molecule has 0 amide bonds. The van der Waals surface area contributed by atoms with Crippen molar-refractivity contribution < 1.29 is 13.2 Å². The fourth-order valence-electron chi connectivity index (χ4n) is 7.48. The van der Waals surface area contributed by atoms with E-state index in [2.05, 4.69) is 15.2 Å². The molecule has 1 spiro atoms. The van der Waals surface area contributed by atoms with E-state index in [-0.39, 0.29) is 33.3 Å². The van der Waals surface area contributed by atoms with Crippen LogP contribution in [-0.4, -0.2) is 60.4 Å². The Morgan fingerprint density at radius 1 is 0.952 bits per heavy atom. The lowest BCUT2D eigenvalue weighted by molar-refractivity contribution is 0.0610. The molecule has 1 aromatic heterocycles. The topological polar surface area (TPSA) is 115 Å². The van der Waals surface area contributed by atoms with Crippen LogP contribution in [0.3, 0.4) is 0 Å². The van der Waals surface area contributed by atoms with Gasteiger partial charge in [0.1, 0.15) is 0 Å². The van der Waals surface area contributed by atoms with Crippen LogP contribution in [0.25, 0.3) is 10.9 Å². The summed E-state index contributed by atoms with van der Waals surface area (Å²) < 4.78 is 38.1. The predicted molar refractivity (Wildman–Crippen MR) is 163 cm³/mol. The van der Waals surface area contributed by atoms with Gasteiger partial charge in [-0.15, -0.1) is 0 Å². The van der Waals surface area contributed by atoms with Gasteiger partial charge in [0.15, 0.2) is 0 Å². The van der Waals surface area contributed by atoms with Crippen molar-refractivity contribution in [1.29, 1.82) is 0 Å². The summed E-state index contributed by atoms with van der Waals surface area (Å²) >= 11 is 0. The third-order valence-electron chi connectivity index (χ3n) is 10.3. The molecule has 6 rings (SSSR count). The van der Waals surface area contributed by atoms with Crippen LogP contribution in [0.15, 0.2) is 32.7 Å². The van der Waals surface area contributed by atoms with Crippen molar-refractivity contribution in [2.45, 2.75) is 113 Å². The molecular weight excluding hydrogens is 554 g/mol. The molecule has 2 aliphatic heterocycles. The smallest absolute Gasteiger partial charge is 0.331 e. The maximum Gasteiger partial charge on any atom is 0.331 e. The number of rotatable bonds is 7. The molecule has 1 unspecified atom stereocenters. The van der Waals surface area contributed by atoms with Crippen LogP contribution in [0.1, 0.15) is 84.0 Å². The van der Waals surface area contributed by atoms with E-state index in [4.69, 9.17) is 4.74 Å². The van der Waals surface area contributed by atoms with Gasteiger partial charge in [0.25, 0.3) is 5.56 Å². The zero-order valence-corrected chi connectivity index (χ0v) is 26.0.